The van der Waals surface area contributed by atoms with E-state index in [1.807, 2.05) is 4.98 Å². The molecule has 0 unspecified atom stereocenters. The summed E-state index contributed by atoms with van der Waals surface area (Å²) < 4.78 is 25.5. The first-order chi connectivity index (χ1) is 10.8. The molecule has 1 heterocycles. The van der Waals surface area contributed by atoms with E-state index in [-0.39, 0.29) is 22.4 Å². The summed E-state index contributed by atoms with van der Waals surface area (Å²) in [6.45, 7) is 1.59. The van der Waals surface area contributed by atoms with Gasteiger partial charge >= 0.3 is 5.97 Å². The lowest BCUT2D eigenvalue weighted by Gasteiger charge is -2.13. The van der Waals surface area contributed by atoms with Gasteiger partial charge in [-0.05, 0) is 24.1 Å². The molecule has 0 aliphatic heterocycles. The van der Waals surface area contributed by atoms with E-state index in [9.17, 15) is 23.1 Å². The van der Waals surface area contributed by atoms with Crippen molar-refractivity contribution in [2.45, 2.75) is 29.6 Å². The third-order valence-corrected chi connectivity index (χ3v) is 5.23. The van der Waals surface area contributed by atoms with E-state index in [4.69, 9.17) is 5.11 Å². The number of rotatable bonds is 5. The van der Waals surface area contributed by atoms with Crippen molar-refractivity contribution < 1.29 is 23.4 Å². The Labute approximate surface area is 132 Å². The molecule has 8 heteroatoms. The normalized spacial score (nSPS) is 11.3. The molecule has 0 aliphatic rings. The van der Waals surface area contributed by atoms with Gasteiger partial charge in [0.2, 0.25) is 9.84 Å². The number of pyridine rings is 1. The van der Waals surface area contributed by atoms with E-state index >= 15 is 0 Å². The largest absolute Gasteiger partial charge is 0.494 e. The Kier molecular flexibility index (Phi) is 4.55. The van der Waals surface area contributed by atoms with Crippen LogP contribution in [-0.2, 0) is 27.5 Å². The van der Waals surface area contributed by atoms with Crippen LogP contribution in [0.15, 0.2) is 44.9 Å². The highest BCUT2D eigenvalue weighted by atomic mass is 32.2. The number of carboxylic acids is 1. The van der Waals surface area contributed by atoms with Crippen molar-refractivity contribution in [1.82, 2.24) is 4.98 Å². The molecule has 0 saturated heterocycles. The Morgan fingerprint density at radius 3 is 2.30 bits per heavy atom. The van der Waals surface area contributed by atoms with Crippen LogP contribution >= 0.6 is 0 Å². The van der Waals surface area contributed by atoms with Crippen LogP contribution in [0.25, 0.3) is 0 Å². The average molecular weight is 337 g/mol. The van der Waals surface area contributed by atoms with Gasteiger partial charge in [0.25, 0.3) is 5.56 Å². The van der Waals surface area contributed by atoms with Crippen LogP contribution in [0.4, 0.5) is 0 Å². The van der Waals surface area contributed by atoms with Crippen molar-refractivity contribution >= 4 is 15.8 Å². The van der Waals surface area contributed by atoms with Crippen LogP contribution in [0.2, 0.25) is 0 Å². The summed E-state index contributed by atoms with van der Waals surface area (Å²) in [6.07, 6.45) is -0.509. The second-order valence-corrected chi connectivity index (χ2v) is 6.72. The molecule has 0 spiro atoms. The Morgan fingerprint density at radius 2 is 1.78 bits per heavy atom. The number of hydrogen-bond acceptors (Lipinski definition) is 5. The minimum absolute atomic E-state index is 0.0116. The number of sulfone groups is 1. The Balaban J connectivity index is 2.82. The number of benzene rings is 1. The standard InChI is InChI=1S/C15H15NO6S/c1-2-10-11(8-12(17)18)14(19)16-15(20)13(10)23(21,22)9-6-4-3-5-7-9/h3-7H,2,8H2,1H3,(H,17,18)(H2,16,19,20). The highest BCUT2D eigenvalue weighted by Crippen LogP contribution is 2.27. The van der Waals surface area contributed by atoms with Crippen molar-refractivity contribution in [2.24, 2.45) is 0 Å². The number of hydrogen-bond donors (Lipinski definition) is 3. The van der Waals surface area contributed by atoms with Gasteiger partial charge in [-0.15, -0.1) is 0 Å². The summed E-state index contributed by atoms with van der Waals surface area (Å²) in [5, 5.41) is 18.7. The summed E-state index contributed by atoms with van der Waals surface area (Å²) >= 11 is 0. The topological polar surface area (TPSA) is 125 Å². The number of aromatic amines is 1. The minimum atomic E-state index is -4.14. The average Bonchev–Trinajstić information content (AvgIpc) is 2.49. The maximum atomic E-state index is 12.7. The summed E-state index contributed by atoms with van der Waals surface area (Å²) in [6, 6.07) is 7.36. The van der Waals surface area contributed by atoms with Crippen LogP contribution in [0, 0.1) is 0 Å². The number of aliphatic carboxylic acids is 1. The van der Waals surface area contributed by atoms with Crippen LogP contribution in [0.5, 0.6) is 5.88 Å². The smallest absolute Gasteiger partial charge is 0.308 e. The van der Waals surface area contributed by atoms with Gasteiger partial charge in [0.15, 0.2) is 5.88 Å². The van der Waals surface area contributed by atoms with E-state index < -0.39 is 38.6 Å². The number of aromatic hydroxyl groups is 1. The molecule has 0 fully saturated rings. The lowest BCUT2D eigenvalue weighted by atomic mass is 10.0. The van der Waals surface area contributed by atoms with Crippen LogP contribution in [0.1, 0.15) is 18.1 Å². The second kappa shape index (κ2) is 6.25. The first-order valence-electron chi connectivity index (χ1n) is 6.78. The molecular formula is C15H15NO6S. The van der Waals surface area contributed by atoms with Crippen molar-refractivity contribution in [3.8, 4) is 5.88 Å². The molecule has 0 radical (unpaired) electrons. The van der Waals surface area contributed by atoms with E-state index in [0.29, 0.717) is 0 Å². The number of aromatic nitrogens is 1. The molecule has 0 bridgehead atoms. The summed E-state index contributed by atoms with van der Waals surface area (Å²) in [7, 11) is -4.14. The van der Waals surface area contributed by atoms with Gasteiger partial charge < -0.3 is 10.2 Å². The van der Waals surface area contributed by atoms with Crippen LogP contribution in [0.3, 0.4) is 0 Å². The highest BCUT2D eigenvalue weighted by molar-refractivity contribution is 7.91. The predicted molar refractivity (Wildman–Crippen MR) is 81.3 cm³/mol. The van der Waals surface area contributed by atoms with Gasteiger partial charge in [-0.25, -0.2) is 8.42 Å². The number of carboxylic acid groups (broad SMARTS) is 1. The number of H-pyrrole nitrogens is 1. The fourth-order valence-corrected chi connectivity index (χ4v) is 4.01. The molecular weight excluding hydrogens is 322 g/mol. The minimum Gasteiger partial charge on any atom is -0.494 e. The summed E-state index contributed by atoms with van der Waals surface area (Å²) in [4.78, 5) is 24.5. The van der Waals surface area contributed by atoms with Crippen LogP contribution < -0.4 is 5.56 Å². The van der Waals surface area contributed by atoms with E-state index in [2.05, 4.69) is 0 Å². The summed E-state index contributed by atoms with van der Waals surface area (Å²) in [5.74, 6) is -1.87. The highest BCUT2D eigenvalue weighted by Gasteiger charge is 2.28. The SMILES string of the molecule is CCc1c(CC(=O)O)c(O)[nH]c(=O)c1S(=O)(=O)c1ccccc1. The quantitative estimate of drug-likeness (QED) is 0.750. The third-order valence-electron chi connectivity index (χ3n) is 3.37. The summed E-state index contributed by atoms with van der Waals surface area (Å²) in [5.41, 5.74) is -1.07. The first kappa shape index (κ1) is 16.8. The number of nitrogens with one attached hydrogen (secondary N) is 1. The zero-order valence-corrected chi connectivity index (χ0v) is 13.1. The Bertz CT molecular complexity index is 900. The van der Waals surface area contributed by atoms with Crippen molar-refractivity contribution in [3.05, 3.63) is 51.8 Å². The molecule has 1 aromatic heterocycles. The molecule has 2 aromatic rings. The Hall–Kier alpha value is -2.61. The molecule has 0 saturated carbocycles. The van der Waals surface area contributed by atoms with Gasteiger partial charge in [-0.1, -0.05) is 25.1 Å². The lowest BCUT2D eigenvalue weighted by Crippen LogP contribution is -2.23. The molecule has 3 N–H and O–H groups in total. The fraction of sp³-hybridized carbons (Fsp3) is 0.200. The van der Waals surface area contributed by atoms with Gasteiger partial charge in [-0.2, -0.15) is 0 Å². The predicted octanol–water partition coefficient (Wildman–Crippen LogP) is 1.10. The Morgan fingerprint density at radius 1 is 1.17 bits per heavy atom. The van der Waals surface area contributed by atoms with Crippen molar-refractivity contribution in [3.63, 3.8) is 0 Å². The molecule has 0 aliphatic carbocycles. The molecule has 122 valence electrons. The van der Waals surface area contributed by atoms with Gasteiger partial charge in [0.1, 0.15) is 4.90 Å². The van der Waals surface area contributed by atoms with Crippen molar-refractivity contribution in [1.29, 1.82) is 0 Å². The first-order valence-corrected chi connectivity index (χ1v) is 8.26. The molecule has 7 nitrogen and oxygen atoms in total. The van der Waals surface area contributed by atoms with E-state index in [1.54, 1.807) is 13.0 Å². The molecule has 1 aromatic carbocycles. The third kappa shape index (κ3) is 3.11. The number of carbonyl (C=O) groups is 1. The maximum absolute atomic E-state index is 12.7. The molecule has 0 atom stereocenters. The zero-order valence-electron chi connectivity index (χ0n) is 12.2. The van der Waals surface area contributed by atoms with Gasteiger partial charge in [0, 0.05) is 5.56 Å². The lowest BCUT2D eigenvalue weighted by molar-refractivity contribution is -0.136. The van der Waals surface area contributed by atoms with Gasteiger partial charge in [-0.3, -0.25) is 14.6 Å². The molecule has 23 heavy (non-hydrogen) atoms. The fourth-order valence-electron chi connectivity index (χ4n) is 2.37. The van der Waals surface area contributed by atoms with Crippen molar-refractivity contribution in [2.75, 3.05) is 0 Å². The zero-order chi connectivity index (χ0) is 17.2. The monoisotopic (exact) mass is 337 g/mol. The van der Waals surface area contributed by atoms with Gasteiger partial charge in [0.05, 0.1) is 11.3 Å². The van der Waals surface area contributed by atoms with E-state index in [1.165, 1.54) is 24.3 Å². The second-order valence-electron chi connectivity index (χ2n) is 4.83. The maximum Gasteiger partial charge on any atom is 0.308 e. The van der Waals surface area contributed by atoms with Crippen LogP contribution in [-0.4, -0.2) is 29.6 Å². The molecule has 0 amide bonds. The molecule has 2 rings (SSSR count). The van der Waals surface area contributed by atoms with E-state index in [0.717, 1.165) is 0 Å².